The van der Waals surface area contributed by atoms with Crippen LogP contribution in [0.2, 0.25) is 0 Å². The molecule has 2 aromatic rings. The van der Waals surface area contributed by atoms with Crippen LogP contribution in [0.5, 0.6) is 0 Å². The zero-order valence-corrected chi connectivity index (χ0v) is 15.5. The number of hydrogen-bond donors (Lipinski definition) is 1. The first kappa shape index (κ1) is 18.7. The number of rotatable bonds is 7. The summed E-state index contributed by atoms with van der Waals surface area (Å²) >= 11 is 0. The molecule has 1 aliphatic rings. The largest absolute Gasteiger partial charge is 0.372 e. The van der Waals surface area contributed by atoms with Crippen molar-refractivity contribution in [2.45, 2.75) is 58.3 Å². The summed E-state index contributed by atoms with van der Waals surface area (Å²) in [7, 11) is 0. The van der Waals surface area contributed by atoms with Gasteiger partial charge in [-0.05, 0) is 29.5 Å². The van der Waals surface area contributed by atoms with E-state index in [1.165, 1.54) is 31.2 Å². The van der Waals surface area contributed by atoms with E-state index in [0.717, 1.165) is 24.0 Å². The molecule has 0 spiro atoms. The van der Waals surface area contributed by atoms with Crippen molar-refractivity contribution in [2.24, 2.45) is 5.92 Å². The van der Waals surface area contributed by atoms with Gasteiger partial charge in [-0.2, -0.15) is 0 Å². The Labute approximate surface area is 156 Å². The zero-order chi connectivity index (χ0) is 18.0. The molecule has 3 rings (SSSR count). The highest BCUT2D eigenvalue weighted by Crippen LogP contribution is 2.23. The lowest BCUT2D eigenvalue weighted by atomic mass is 9.99. The molecule has 0 radical (unpaired) electrons. The molecule has 138 valence electrons. The Bertz CT molecular complexity index is 676. The third-order valence-electron chi connectivity index (χ3n) is 5.17. The minimum Gasteiger partial charge on any atom is -0.372 e. The lowest BCUT2D eigenvalue weighted by Crippen LogP contribution is -2.30. The Kier molecular flexibility index (Phi) is 7.26. The van der Waals surface area contributed by atoms with Crippen molar-refractivity contribution < 1.29 is 9.53 Å². The fourth-order valence-electron chi connectivity index (χ4n) is 3.59. The summed E-state index contributed by atoms with van der Waals surface area (Å²) in [4.78, 5) is 12.5. The number of nitrogens with one attached hydrogen (secondary N) is 1. The van der Waals surface area contributed by atoms with Gasteiger partial charge in [0.1, 0.15) is 0 Å². The molecule has 1 amide bonds. The molecular weight excluding hydrogens is 322 g/mol. The van der Waals surface area contributed by atoms with Gasteiger partial charge >= 0.3 is 0 Å². The first-order chi connectivity index (χ1) is 12.8. The predicted octanol–water partition coefficient (Wildman–Crippen LogP) is 4.99. The summed E-state index contributed by atoms with van der Waals surface area (Å²) in [5.74, 6) is 0.408. The molecule has 2 aromatic carbocycles. The Hall–Kier alpha value is -2.13. The number of carbonyl (C=O) groups is 1. The first-order valence-corrected chi connectivity index (χ1v) is 9.79. The highest BCUT2D eigenvalue weighted by Gasteiger charge is 2.19. The first-order valence-electron chi connectivity index (χ1n) is 9.79. The third-order valence-corrected chi connectivity index (χ3v) is 5.17. The molecular formula is C23H29NO2. The van der Waals surface area contributed by atoms with Crippen LogP contribution in [-0.4, -0.2) is 5.91 Å². The normalized spacial score (nSPS) is 15.4. The van der Waals surface area contributed by atoms with Gasteiger partial charge < -0.3 is 10.1 Å². The van der Waals surface area contributed by atoms with E-state index in [1.54, 1.807) is 0 Å². The van der Waals surface area contributed by atoms with E-state index in [1.807, 2.05) is 30.3 Å². The molecule has 0 bridgehead atoms. The van der Waals surface area contributed by atoms with Gasteiger partial charge in [0.25, 0.3) is 0 Å². The lowest BCUT2D eigenvalue weighted by molar-refractivity contribution is -0.125. The quantitative estimate of drug-likeness (QED) is 0.714. The van der Waals surface area contributed by atoms with Gasteiger partial charge in [0, 0.05) is 12.5 Å². The smallest absolute Gasteiger partial charge is 0.223 e. The monoisotopic (exact) mass is 351 g/mol. The van der Waals surface area contributed by atoms with Gasteiger partial charge in [0.15, 0.2) is 0 Å². The molecule has 1 saturated carbocycles. The van der Waals surface area contributed by atoms with Crippen molar-refractivity contribution in [2.75, 3.05) is 0 Å². The van der Waals surface area contributed by atoms with Crippen LogP contribution in [0.25, 0.3) is 0 Å². The SMILES string of the molecule is O=C(NCc1ccccc1COCc1ccccc1)C1CCCCCC1. The molecule has 1 N–H and O–H groups in total. The molecule has 0 atom stereocenters. The number of ether oxygens (including phenoxy) is 1. The average molecular weight is 351 g/mol. The number of carbonyl (C=O) groups excluding carboxylic acids is 1. The maximum Gasteiger partial charge on any atom is 0.223 e. The Morgan fingerprint density at radius 2 is 1.50 bits per heavy atom. The minimum atomic E-state index is 0.194. The second kappa shape index (κ2) is 10.1. The van der Waals surface area contributed by atoms with E-state index in [0.29, 0.717) is 19.8 Å². The summed E-state index contributed by atoms with van der Waals surface area (Å²) in [6.45, 7) is 1.74. The maximum atomic E-state index is 12.5. The van der Waals surface area contributed by atoms with E-state index >= 15 is 0 Å². The van der Waals surface area contributed by atoms with Crippen molar-refractivity contribution >= 4 is 5.91 Å². The Morgan fingerprint density at radius 3 is 2.23 bits per heavy atom. The van der Waals surface area contributed by atoms with Crippen LogP contribution < -0.4 is 5.32 Å². The Balaban J connectivity index is 1.50. The second-order valence-corrected chi connectivity index (χ2v) is 7.15. The molecule has 3 nitrogen and oxygen atoms in total. The highest BCUT2D eigenvalue weighted by atomic mass is 16.5. The standard InChI is InChI=1S/C23H29NO2/c25-23(20-12-6-1-2-7-13-20)24-16-21-14-8-9-15-22(21)18-26-17-19-10-4-3-5-11-19/h3-5,8-11,14-15,20H,1-2,6-7,12-13,16-18H2,(H,24,25). The van der Waals surface area contributed by atoms with E-state index in [2.05, 4.69) is 29.6 Å². The average Bonchev–Trinajstić information content (AvgIpc) is 2.97. The Morgan fingerprint density at radius 1 is 0.846 bits per heavy atom. The predicted molar refractivity (Wildman–Crippen MR) is 104 cm³/mol. The van der Waals surface area contributed by atoms with Gasteiger partial charge in [0.2, 0.25) is 5.91 Å². The molecule has 1 fully saturated rings. The number of hydrogen-bond acceptors (Lipinski definition) is 2. The second-order valence-electron chi connectivity index (χ2n) is 7.15. The van der Waals surface area contributed by atoms with E-state index < -0.39 is 0 Å². The van der Waals surface area contributed by atoms with Crippen molar-refractivity contribution in [3.8, 4) is 0 Å². The maximum absolute atomic E-state index is 12.5. The van der Waals surface area contributed by atoms with Gasteiger partial charge in [-0.25, -0.2) is 0 Å². The van der Waals surface area contributed by atoms with Crippen LogP contribution in [0.1, 0.15) is 55.2 Å². The summed E-state index contributed by atoms with van der Waals surface area (Å²) in [5.41, 5.74) is 3.46. The van der Waals surface area contributed by atoms with Gasteiger partial charge in [-0.3, -0.25) is 4.79 Å². The minimum absolute atomic E-state index is 0.194. The van der Waals surface area contributed by atoms with Crippen LogP contribution in [0, 0.1) is 5.92 Å². The fourth-order valence-corrected chi connectivity index (χ4v) is 3.59. The van der Waals surface area contributed by atoms with Crippen molar-refractivity contribution in [1.29, 1.82) is 0 Å². The summed E-state index contributed by atoms with van der Waals surface area (Å²) in [6, 6.07) is 18.4. The van der Waals surface area contributed by atoms with E-state index in [9.17, 15) is 4.79 Å². The molecule has 0 heterocycles. The van der Waals surface area contributed by atoms with Gasteiger partial charge in [-0.15, -0.1) is 0 Å². The van der Waals surface area contributed by atoms with Crippen molar-refractivity contribution in [1.82, 2.24) is 5.32 Å². The van der Waals surface area contributed by atoms with Gasteiger partial charge in [0.05, 0.1) is 13.2 Å². The van der Waals surface area contributed by atoms with Crippen LogP contribution in [-0.2, 0) is 29.3 Å². The fraction of sp³-hybridized carbons (Fsp3) is 0.435. The summed E-state index contributed by atoms with van der Waals surface area (Å²) in [5, 5.41) is 3.15. The molecule has 0 saturated heterocycles. The van der Waals surface area contributed by atoms with Crippen molar-refractivity contribution in [3.05, 3.63) is 71.3 Å². The zero-order valence-electron chi connectivity index (χ0n) is 15.5. The van der Waals surface area contributed by atoms with Crippen LogP contribution in [0.4, 0.5) is 0 Å². The molecule has 26 heavy (non-hydrogen) atoms. The van der Waals surface area contributed by atoms with E-state index in [-0.39, 0.29) is 11.8 Å². The molecule has 1 aliphatic carbocycles. The molecule has 3 heteroatoms. The lowest BCUT2D eigenvalue weighted by Gasteiger charge is -2.16. The van der Waals surface area contributed by atoms with Crippen molar-refractivity contribution in [3.63, 3.8) is 0 Å². The summed E-state index contributed by atoms with van der Waals surface area (Å²) in [6.07, 6.45) is 6.97. The highest BCUT2D eigenvalue weighted by molar-refractivity contribution is 5.78. The summed E-state index contributed by atoms with van der Waals surface area (Å²) < 4.78 is 5.87. The molecule has 0 unspecified atom stereocenters. The van der Waals surface area contributed by atoms with Crippen LogP contribution in [0.3, 0.4) is 0 Å². The van der Waals surface area contributed by atoms with Gasteiger partial charge in [-0.1, -0.05) is 80.3 Å². The third kappa shape index (κ3) is 5.70. The number of amides is 1. The number of benzene rings is 2. The molecule has 0 aromatic heterocycles. The topological polar surface area (TPSA) is 38.3 Å². The van der Waals surface area contributed by atoms with E-state index in [4.69, 9.17) is 4.74 Å². The molecule has 0 aliphatic heterocycles. The van der Waals surface area contributed by atoms with Crippen LogP contribution in [0.15, 0.2) is 54.6 Å². The van der Waals surface area contributed by atoms with Crippen LogP contribution >= 0.6 is 0 Å².